The number of aromatic nitrogens is 2. The fourth-order valence-electron chi connectivity index (χ4n) is 6.06. The second-order valence-electron chi connectivity index (χ2n) is 9.98. The molecule has 1 saturated carbocycles. The van der Waals surface area contributed by atoms with Gasteiger partial charge in [0, 0.05) is 43.3 Å². The van der Waals surface area contributed by atoms with Crippen LogP contribution in [-0.4, -0.2) is 61.8 Å². The first-order valence-corrected chi connectivity index (χ1v) is 12.8. The summed E-state index contributed by atoms with van der Waals surface area (Å²) in [6.45, 7) is 3.08. The maximum absolute atomic E-state index is 12.9. The third-order valence-electron chi connectivity index (χ3n) is 8.16. The van der Waals surface area contributed by atoms with E-state index in [4.69, 9.17) is 31.1 Å². The largest absolute Gasteiger partial charge is 0.467 e. The van der Waals surface area contributed by atoms with Crippen molar-refractivity contribution in [2.24, 2.45) is 11.3 Å². The van der Waals surface area contributed by atoms with Gasteiger partial charge in [-0.3, -0.25) is 9.63 Å². The van der Waals surface area contributed by atoms with Crippen LogP contribution in [0.4, 0.5) is 11.5 Å². The Morgan fingerprint density at radius 1 is 1.14 bits per heavy atom. The van der Waals surface area contributed by atoms with Gasteiger partial charge < -0.3 is 14.5 Å². The number of halogens is 1. The number of hydrogen-bond donors (Lipinski definition) is 0. The molecule has 2 fully saturated rings. The van der Waals surface area contributed by atoms with E-state index in [0.29, 0.717) is 18.5 Å². The van der Waals surface area contributed by atoms with Crippen molar-refractivity contribution in [3.05, 3.63) is 52.7 Å². The van der Waals surface area contributed by atoms with Crippen LogP contribution in [-0.2, 0) is 22.6 Å². The van der Waals surface area contributed by atoms with E-state index in [2.05, 4.69) is 34.1 Å². The standard InChI is InChI=1S/C27H30ClN5O3/c1-31(36-3)25(34)27-11-13-33(15-18(27)14-27)24-19-10-12-32(16-21(19)29-26(30-24)35-2)22-9-5-7-17-6-4-8-20(28)23(17)22/h4-9,18H,10-16H2,1-3H3. The molecule has 1 aromatic heterocycles. The Morgan fingerprint density at radius 3 is 2.69 bits per heavy atom. The highest BCUT2D eigenvalue weighted by atomic mass is 35.5. The molecule has 0 spiro atoms. The lowest BCUT2D eigenvalue weighted by Crippen LogP contribution is -2.43. The summed E-state index contributed by atoms with van der Waals surface area (Å²) in [5.41, 5.74) is 2.98. The van der Waals surface area contributed by atoms with Gasteiger partial charge in [0.05, 0.1) is 36.9 Å². The molecule has 2 unspecified atom stereocenters. The quantitative estimate of drug-likeness (QED) is 0.482. The Bertz CT molecular complexity index is 1350. The molecule has 2 aliphatic heterocycles. The second kappa shape index (κ2) is 8.78. The summed E-state index contributed by atoms with van der Waals surface area (Å²) in [6.07, 6.45) is 2.52. The molecule has 6 rings (SSSR count). The number of nitrogens with zero attached hydrogens (tertiary/aromatic N) is 5. The van der Waals surface area contributed by atoms with Crippen LogP contribution in [0.1, 0.15) is 24.1 Å². The number of carbonyl (C=O) groups is 1. The SMILES string of the molecule is COc1nc2c(c(N3CCC4(C(=O)N(C)OC)CC4C3)n1)CCN(c1cccc3cccc(Cl)c13)C2. The van der Waals surface area contributed by atoms with Gasteiger partial charge in [0.1, 0.15) is 5.82 Å². The average Bonchev–Trinajstić information content (AvgIpc) is 3.66. The molecule has 8 nitrogen and oxygen atoms in total. The molecule has 36 heavy (non-hydrogen) atoms. The smallest absolute Gasteiger partial charge is 0.318 e. The first-order valence-electron chi connectivity index (χ1n) is 12.4. The number of amides is 1. The lowest BCUT2D eigenvalue weighted by Gasteiger charge is -2.37. The van der Waals surface area contributed by atoms with Crippen LogP contribution in [0.3, 0.4) is 0 Å². The highest BCUT2D eigenvalue weighted by Crippen LogP contribution is 2.59. The maximum atomic E-state index is 12.9. The minimum absolute atomic E-state index is 0.0846. The predicted molar refractivity (Wildman–Crippen MR) is 139 cm³/mol. The third kappa shape index (κ3) is 3.66. The van der Waals surface area contributed by atoms with Crippen molar-refractivity contribution in [2.45, 2.75) is 25.8 Å². The normalized spacial score (nSPS) is 22.7. The fraction of sp³-hybridized carbons (Fsp3) is 0.444. The average molecular weight is 508 g/mol. The van der Waals surface area contributed by atoms with Crippen LogP contribution in [0, 0.1) is 11.3 Å². The number of rotatable bonds is 5. The van der Waals surface area contributed by atoms with E-state index in [1.807, 2.05) is 12.1 Å². The molecule has 1 saturated heterocycles. The molecule has 2 atom stereocenters. The van der Waals surface area contributed by atoms with Gasteiger partial charge in [-0.1, -0.05) is 35.9 Å². The Labute approximate surface area is 215 Å². The Morgan fingerprint density at radius 2 is 1.94 bits per heavy atom. The molecule has 2 aromatic carbocycles. The van der Waals surface area contributed by atoms with Gasteiger partial charge in [-0.15, -0.1) is 0 Å². The molecule has 3 aliphatic rings. The molecular weight excluding hydrogens is 478 g/mol. The van der Waals surface area contributed by atoms with E-state index >= 15 is 0 Å². The molecule has 3 aromatic rings. The van der Waals surface area contributed by atoms with Crippen molar-refractivity contribution in [3.63, 3.8) is 0 Å². The molecule has 9 heteroatoms. The van der Waals surface area contributed by atoms with Crippen molar-refractivity contribution in [2.75, 3.05) is 50.7 Å². The van der Waals surface area contributed by atoms with Crippen LogP contribution in [0.25, 0.3) is 10.8 Å². The fourth-order valence-corrected chi connectivity index (χ4v) is 6.34. The van der Waals surface area contributed by atoms with E-state index in [9.17, 15) is 4.79 Å². The summed E-state index contributed by atoms with van der Waals surface area (Å²) in [6, 6.07) is 12.7. The van der Waals surface area contributed by atoms with Crippen LogP contribution in [0.15, 0.2) is 36.4 Å². The number of methoxy groups -OCH3 is 1. The Balaban J connectivity index is 1.29. The molecule has 0 radical (unpaired) electrons. The van der Waals surface area contributed by atoms with Crippen LogP contribution in [0.2, 0.25) is 5.02 Å². The second-order valence-corrected chi connectivity index (χ2v) is 10.4. The van der Waals surface area contributed by atoms with E-state index < -0.39 is 0 Å². The van der Waals surface area contributed by atoms with Gasteiger partial charge in [0.25, 0.3) is 5.91 Å². The molecule has 0 N–H and O–H groups in total. The van der Waals surface area contributed by atoms with Crippen molar-refractivity contribution in [1.29, 1.82) is 0 Å². The monoisotopic (exact) mass is 507 g/mol. The summed E-state index contributed by atoms with van der Waals surface area (Å²) in [5.74, 6) is 1.34. The summed E-state index contributed by atoms with van der Waals surface area (Å²) in [4.78, 5) is 32.3. The van der Waals surface area contributed by atoms with Crippen LogP contribution < -0.4 is 14.5 Å². The lowest BCUT2D eigenvalue weighted by atomic mass is 9.93. The molecule has 188 valence electrons. The number of fused-ring (bicyclic) bond motifs is 3. The number of carbonyl (C=O) groups excluding carboxylic acids is 1. The van der Waals surface area contributed by atoms with E-state index in [1.165, 1.54) is 17.7 Å². The number of hydrogen-bond acceptors (Lipinski definition) is 7. The van der Waals surface area contributed by atoms with Crippen molar-refractivity contribution >= 4 is 39.8 Å². The van der Waals surface area contributed by atoms with Crippen molar-refractivity contribution in [3.8, 4) is 6.01 Å². The Hall–Kier alpha value is -3.10. The van der Waals surface area contributed by atoms with Crippen LogP contribution in [0.5, 0.6) is 6.01 Å². The van der Waals surface area contributed by atoms with Gasteiger partial charge in [0.2, 0.25) is 0 Å². The minimum atomic E-state index is -0.289. The number of anilines is 2. The van der Waals surface area contributed by atoms with Gasteiger partial charge in [-0.05, 0) is 42.7 Å². The van der Waals surface area contributed by atoms with E-state index in [0.717, 1.165) is 71.9 Å². The van der Waals surface area contributed by atoms with Gasteiger partial charge in [-0.2, -0.15) is 9.97 Å². The van der Waals surface area contributed by atoms with E-state index in [1.54, 1.807) is 14.2 Å². The minimum Gasteiger partial charge on any atom is -0.467 e. The van der Waals surface area contributed by atoms with Gasteiger partial charge in [-0.25, -0.2) is 5.06 Å². The zero-order valence-electron chi connectivity index (χ0n) is 20.8. The number of hydroxylamine groups is 2. The first-order chi connectivity index (χ1) is 17.4. The molecule has 1 aliphatic carbocycles. The maximum Gasteiger partial charge on any atom is 0.318 e. The first kappa shape index (κ1) is 23.3. The summed E-state index contributed by atoms with van der Waals surface area (Å²) >= 11 is 6.62. The highest BCUT2D eigenvalue weighted by molar-refractivity contribution is 6.36. The topological polar surface area (TPSA) is 71.0 Å². The van der Waals surface area contributed by atoms with Crippen LogP contribution >= 0.6 is 11.6 Å². The number of benzene rings is 2. The number of ether oxygens (including phenoxy) is 1. The predicted octanol–water partition coefficient (Wildman–Crippen LogP) is 4.09. The van der Waals surface area contributed by atoms with Gasteiger partial charge in [0.15, 0.2) is 0 Å². The van der Waals surface area contributed by atoms with Crippen molar-refractivity contribution in [1.82, 2.24) is 15.0 Å². The Kier molecular flexibility index (Phi) is 5.68. The summed E-state index contributed by atoms with van der Waals surface area (Å²) in [7, 11) is 4.84. The zero-order chi connectivity index (χ0) is 25.0. The highest BCUT2D eigenvalue weighted by Gasteiger charge is 2.63. The summed E-state index contributed by atoms with van der Waals surface area (Å²) in [5, 5.41) is 4.32. The van der Waals surface area contributed by atoms with Gasteiger partial charge >= 0.3 is 6.01 Å². The molecule has 3 heterocycles. The van der Waals surface area contributed by atoms with Crippen molar-refractivity contribution < 1.29 is 14.4 Å². The lowest BCUT2D eigenvalue weighted by molar-refractivity contribution is -0.176. The molecular formula is C27H30ClN5O3. The molecule has 1 amide bonds. The molecule has 0 bridgehead atoms. The zero-order valence-corrected chi connectivity index (χ0v) is 21.6. The third-order valence-corrected chi connectivity index (χ3v) is 8.48. The van der Waals surface area contributed by atoms with E-state index in [-0.39, 0.29) is 11.3 Å². The number of piperidine rings is 1. The summed E-state index contributed by atoms with van der Waals surface area (Å²) < 4.78 is 5.52.